The largest absolute Gasteiger partial charge is 0.497 e. The Morgan fingerprint density at radius 3 is 2.81 bits per heavy atom. The first-order valence-corrected chi connectivity index (χ1v) is 6.60. The molecular weight excluding hydrogens is 272 g/mol. The Kier molecular flexibility index (Phi) is 4.94. The number of ether oxygens (including phenoxy) is 2. The average molecular weight is 290 g/mol. The maximum atomic E-state index is 11.3. The Morgan fingerprint density at radius 2 is 2.14 bits per heavy atom. The number of fused-ring (bicyclic) bond motifs is 1. The molecule has 0 radical (unpaired) electrons. The van der Waals surface area contributed by atoms with Crippen molar-refractivity contribution in [3.05, 3.63) is 29.8 Å². The summed E-state index contributed by atoms with van der Waals surface area (Å²) in [5.74, 6) is 0.0391. The minimum absolute atomic E-state index is 0.157. The Balaban J connectivity index is 2.35. The first-order valence-electron chi connectivity index (χ1n) is 6.60. The molecule has 0 aliphatic carbocycles. The number of carbonyl (C=O) groups is 1. The van der Waals surface area contributed by atoms with E-state index in [9.17, 15) is 9.90 Å². The number of methoxy groups -OCH3 is 2. The number of carboxylic acid groups (broad SMARTS) is 1. The van der Waals surface area contributed by atoms with Gasteiger partial charge in [-0.2, -0.15) is 0 Å². The minimum atomic E-state index is -1.01. The smallest absolute Gasteiger partial charge is 0.339 e. The van der Waals surface area contributed by atoms with Gasteiger partial charge in [-0.05, 0) is 24.6 Å². The lowest BCUT2D eigenvalue weighted by atomic mass is 10.1. The molecule has 0 saturated heterocycles. The molecule has 6 nitrogen and oxygen atoms in total. The molecule has 0 unspecified atom stereocenters. The monoisotopic (exact) mass is 290 g/mol. The molecule has 0 atom stereocenters. The van der Waals surface area contributed by atoms with Gasteiger partial charge in [-0.3, -0.25) is 0 Å². The quantitative estimate of drug-likeness (QED) is 0.762. The summed E-state index contributed by atoms with van der Waals surface area (Å²) in [5.41, 5.74) is 0.846. The van der Waals surface area contributed by atoms with Crippen molar-refractivity contribution < 1.29 is 19.4 Å². The number of benzene rings is 1. The lowest BCUT2D eigenvalue weighted by Gasteiger charge is -2.10. The molecule has 6 heteroatoms. The van der Waals surface area contributed by atoms with Crippen LogP contribution in [-0.2, 0) is 4.74 Å². The molecule has 0 aliphatic rings. The highest BCUT2D eigenvalue weighted by Crippen LogP contribution is 2.24. The van der Waals surface area contributed by atoms with Gasteiger partial charge in [0.15, 0.2) is 0 Å². The van der Waals surface area contributed by atoms with Crippen molar-refractivity contribution in [2.24, 2.45) is 0 Å². The fourth-order valence-electron chi connectivity index (χ4n) is 1.99. The Bertz CT molecular complexity index is 643. The number of hydrogen-bond donors (Lipinski definition) is 2. The predicted octanol–water partition coefficient (Wildman–Crippen LogP) is 2.39. The van der Waals surface area contributed by atoms with E-state index in [1.165, 1.54) is 0 Å². The summed E-state index contributed by atoms with van der Waals surface area (Å²) >= 11 is 0. The number of rotatable bonds is 7. The van der Waals surface area contributed by atoms with Crippen molar-refractivity contribution in [2.75, 3.05) is 32.7 Å². The van der Waals surface area contributed by atoms with Gasteiger partial charge in [-0.1, -0.05) is 0 Å². The van der Waals surface area contributed by atoms with E-state index in [2.05, 4.69) is 10.3 Å². The van der Waals surface area contributed by atoms with Gasteiger partial charge in [0.1, 0.15) is 17.1 Å². The molecular formula is C15H18N2O4. The highest BCUT2D eigenvalue weighted by atomic mass is 16.5. The van der Waals surface area contributed by atoms with Crippen molar-refractivity contribution in [1.29, 1.82) is 0 Å². The molecule has 0 amide bonds. The van der Waals surface area contributed by atoms with E-state index in [-0.39, 0.29) is 5.56 Å². The van der Waals surface area contributed by atoms with Crippen LogP contribution in [0.15, 0.2) is 24.3 Å². The Hall–Kier alpha value is -2.34. The second kappa shape index (κ2) is 6.90. The third-order valence-corrected chi connectivity index (χ3v) is 3.07. The SMILES string of the molecule is COCCCNc1nc2cc(OC)ccc2cc1C(=O)O. The molecule has 112 valence electrons. The molecule has 0 bridgehead atoms. The zero-order chi connectivity index (χ0) is 15.2. The van der Waals surface area contributed by atoms with Gasteiger partial charge >= 0.3 is 5.97 Å². The van der Waals surface area contributed by atoms with Crippen molar-refractivity contribution in [3.63, 3.8) is 0 Å². The number of anilines is 1. The molecule has 21 heavy (non-hydrogen) atoms. The zero-order valence-corrected chi connectivity index (χ0v) is 12.0. The average Bonchev–Trinajstić information content (AvgIpc) is 2.50. The second-order valence-electron chi connectivity index (χ2n) is 4.52. The third-order valence-electron chi connectivity index (χ3n) is 3.07. The van der Waals surface area contributed by atoms with Crippen LogP contribution in [-0.4, -0.2) is 43.4 Å². The number of nitrogens with zero attached hydrogens (tertiary/aromatic N) is 1. The lowest BCUT2D eigenvalue weighted by Crippen LogP contribution is -2.11. The van der Waals surface area contributed by atoms with Crippen LogP contribution in [0.1, 0.15) is 16.8 Å². The minimum Gasteiger partial charge on any atom is -0.497 e. The van der Waals surface area contributed by atoms with Crippen LogP contribution in [0.4, 0.5) is 5.82 Å². The van der Waals surface area contributed by atoms with Gasteiger partial charge < -0.3 is 19.9 Å². The van der Waals surface area contributed by atoms with Gasteiger partial charge in [-0.25, -0.2) is 9.78 Å². The molecule has 2 rings (SSSR count). The van der Waals surface area contributed by atoms with Gasteiger partial charge in [0.2, 0.25) is 0 Å². The first kappa shape index (κ1) is 15.1. The van der Waals surface area contributed by atoms with Gasteiger partial charge in [0.05, 0.1) is 12.6 Å². The van der Waals surface area contributed by atoms with Crippen molar-refractivity contribution in [2.45, 2.75) is 6.42 Å². The van der Waals surface area contributed by atoms with Crippen molar-refractivity contribution >= 4 is 22.7 Å². The van der Waals surface area contributed by atoms with E-state index in [0.717, 1.165) is 11.8 Å². The van der Waals surface area contributed by atoms with Crippen LogP contribution >= 0.6 is 0 Å². The highest BCUT2D eigenvalue weighted by molar-refractivity contribution is 5.98. The predicted molar refractivity (Wildman–Crippen MR) is 80.2 cm³/mol. The molecule has 0 fully saturated rings. The third kappa shape index (κ3) is 3.61. The summed E-state index contributed by atoms with van der Waals surface area (Å²) in [6.07, 6.45) is 0.771. The van der Waals surface area contributed by atoms with Crippen molar-refractivity contribution in [1.82, 2.24) is 4.98 Å². The van der Waals surface area contributed by atoms with Crippen LogP contribution in [0.3, 0.4) is 0 Å². The van der Waals surface area contributed by atoms with E-state index in [1.54, 1.807) is 38.5 Å². The summed E-state index contributed by atoms with van der Waals surface area (Å²) in [6, 6.07) is 6.97. The molecule has 2 aromatic rings. The maximum absolute atomic E-state index is 11.3. The van der Waals surface area contributed by atoms with E-state index < -0.39 is 5.97 Å². The van der Waals surface area contributed by atoms with E-state index in [4.69, 9.17) is 9.47 Å². The highest BCUT2D eigenvalue weighted by Gasteiger charge is 2.13. The summed E-state index contributed by atoms with van der Waals surface area (Å²) in [6.45, 7) is 1.20. The summed E-state index contributed by atoms with van der Waals surface area (Å²) in [7, 11) is 3.21. The zero-order valence-electron chi connectivity index (χ0n) is 12.0. The summed E-state index contributed by atoms with van der Waals surface area (Å²) in [5, 5.41) is 13.1. The van der Waals surface area contributed by atoms with E-state index in [0.29, 0.717) is 30.2 Å². The van der Waals surface area contributed by atoms with Crippen molar-refractivity contribution in [3.8, 4) is 5.75 Å². The van der Waals surface area contributed by atoms with Gasteiger partial charge in [0, 0.05) is 31.7 Å². The Labute approximate surface area is 122 Å². The Morgan fingerprint density at radius 1 is 1.33 bits per heavy atom. The van der Waals surface area contributed by atoms with Crippen LogP contribution in [0, 0.1) is 0 Å². The number of nitrogens with one attached hydrogen (secondary N) is 1. The van der Waals surface area contributed by atoms with Crippen LogP contribution in [0.2, 0.25) is 0 Å². The van der Waals surface area contributed by atoms with Crippen LogP contribution in [0.5, 0.6) is 5.75 Å². The number of carboxylic acids is 1. The fraction of sp³-hybridized carbons (Fsp3) is 0.333. The molecule has 1 aromatic heterocycles. The molecule has 1 aromatic carbocycles. The second-order valence-corrected chi connectivity index (χ2v) is 4.52. The van der Waals surface area contributed by atoms with Gasteiger partial charge in [0.25, 0.3) is 0 Å². The topological polar surface area (TPSA) is 80.7 Å². The van der Waals surface area contributed by atoms with E-state index in [1.807, 2.05) is 0 Å². The molecule has 2 N–H and O–H groups in total. The lowest BCUT2D eigenvalue weighted by molar-refractivity contribution is 0.0698. The van der Waals surface area contributed by atoms with Gasteiger partial charge in [-0.15, -0.1) is 0 Å². The molecule has 0 spiro atoms. The molecule has 0 saturated carbocycles. The normalized spacial score (nSPS) is 10.6. The standard InChI is InChI=1S/C15H18N2O4/c1-20-7-3-6-16-14-12(15(18)19)8-10-4-5-11(21-2)9-13(10)17-14/h4-5,8-9H,3,6-7H2,1-2H3,(H,16,17)(H,18,19). The number of aromatic nitrogens is 1. The van der Waals surface area contributed by atoms with E-state index >= 15 is 0 Å². The number of pyridine rings is 1. The summed E-state index contributed by atoms with van der Waals surface area (Å²) in [4.78, 5) is 15.7. The van der Waals surface area contributed by atoms with Crippen LogP contribution < -0.4 is 10.1 Å². The first-order chi connectivity index (χ1) is 10.2. The summed E-state index contributed by atoms with van der Waals surface area (Å²) < 4.78 is 10.1. The molecule has 0 aliphatic heterocycles. The van der Waals surface area contributed by atoms with Crippen LogP contribution in [0.25, 0.3) is 10.9 Å². The maximum Gasteiger partial charge on any atom is 0.339 e. The fourth-order valence-corrected chi connectivity index (χ4v) is 1.99. The number of hydrogen-bond acceptors (Lipinski definition) is 5. The molecule has 1 heterocycles. The number of aromatic carboxylic acids is 1.